The highest BCUT2D eigenvalue weighted by atomic mass is 19.4. The Morgan fingerprint density at radius 3 is 2.21 bits per heavy atom. The molecule has 100 valence electrons. The number of alkyl halides is 3. The number of halogens is 4. The molecule has 0 saturated heterocycles. The number of pyridine rings is 1. The fourth-order valence-corrected chi connectivity index (χ4v) is 1.68. The zero-order chi connectivity index (χ0) is 14.0. The third-order valence-electron chi connectivity index (χ3n) is 2.61. The highest BCUT2D eigenvalue weighted by molar-refractivity contribution is 5.66. The Morgan fingerprint density at radius 2 is 1.68 bits per heavy atom. The van der Waals surface area contributed by atoms with Gasteiger partial charge in [0.15, 0.2) is 0 Å². The van der Waals surface area contributed by atoms with Crippen LogP contribution in [0.4, 0.5) is 23.4 Å². The predicted molar refractivity (Wildman–Crippen MR) is 64.2 cm³/mol. The quantitative estimate of drug-likeness (QED) is 0.836. The first-order chi connectivity index (χ1) is 8.91. The van der Waals surface area contributed by atoms with Gasteiger partial charge in [0.2, 0.25) is 0 Å². The summed E-state index contributed by atoms with van der Waals surface area (Å²) < 4.78 is 51.3. The molecule has 0 spiro atoms. The number of nitrogens with one attached hydrogen (secondary N) is 1. The van der Waals surface area contributed by atoms with Crippen LogP contribution >= 0.6 is 0 Å². The molecule has 2 nitrogen and oxygen atoms in total. The Kier molecular flexibility index (Phi) is 3.42. The van der Waals surface area contributed by atoms with Gasteiger partial charge in [-0.3, -0.25) is 0 Å². The molecular formula is C13H10F4N2. The molecule has 0 fully saturated rings. The molecule has 2 aromatic rings. The lowest BCUT2D eigenvalue weighted by molar-refractivity contribution is -0.137. The average molecular weight is 270 g/mol. The van der Waals surface area contributed by atoms with Crippen molar-refractivity contribution in [3.63, 3.8) is 0 Å². The minimum Gasteiger partial charge on any atom is -0.373 e. The number of rotatable bonds is 2. The van der Waals surface area contributed by atoms with Crippen molar-refractivity contribution in [3.8, 4) is 11.1 Å². The summed E-state index contributed by atoms with van der Waals surface area (Å²) in [4.78, 5) is 3.74. The van der Waals surface area contributed by atoms with Crippen molar-refractivity contribution in [1.82, 2.24) is 4.98 Å². The van der Waals surface area contributed by atoms with E-state index in [-0.39, 0.29) is 11.4 Å². The van der Waals surface area contributed by atoms with Crippen LogP contribution in [0.2, 0.25) is 0 Å². The maximum atomic E-state index is 12.9. The van der Waals surface area contributed by atoms with E-state index in [0.717, 1.165) is 6.07 Å². The van der Waals surface area contributed by atoms with Crippen molar-refractivity contribution in [3.05, 3.63) is 47.9 Å². The van der Waals surface area contributed by atoms with E-state index in [1.807, 2.05) is 0 Å². The van der Waals surface area contributed by atoms with Gasteiger partial charge >= 0.3 is 6.18 Å². The molecule has 0 aliphatic rings. The smallest absolute Gasteiger partial charge is 0.373 e. The molecule has 19 heavy (non-hydrogen) atoms. The second-order valence-electron chi connectivity index (χ2n) is 3.87. The van der Waals surface area contributed by atoms with Gasteiger partial charge in [-0.15, -0.1) is 0 Å². The van der Waals surface area contributed by atoms with E-state index >= 15 is 0 Å². The number of hydrogen-bond acceptors (Lipinski definition) is 2. The summed E-state index contributed by atoms with van der Waals surface area (Å²) in [6.07, 6.45) is -3.18. The van der Waals surface area contributed by atoms with Crippen molar-refractivity contribution in [2.75, 3.05) is 12.4 Å². The molecule has 1 heterocycles. The molecule has 0 unspecified atom stereocenters. The van der Waals surface area contributed by atoms with Gasteiger partial charge in [0.05, 0.1) is 5.56 Å². The lowest BCUT2D eigenvalue weighted by Gasteiger charge is -2.13. The topological polar surface area (TPSA) is 24.9 Å². The molecule has 0 atom stereocenters. The molecule has 1 aromatic heterocycles. The van der Waals surface area contributed by atoms with Gasteiger partial charge in [0.1, 0.15) is 11.6 Å². The maximum absolute atomic E-state index is 12.9. The molecule has 1 aromatic carbocycles. The maximum Gasteiger partial charge on any atom is 0.419 e. The Hall–Kier alpha value is -2.11. The van der Waals surface area contributed by atoms with E-state index in [1.165, 1.54) is 37.5 Å². The lowest BCUT2D eigenvalue weighted by atomic mass is 10.1. The summed E-state index contributed by atoms with van der Waals surface area (Å²) in [5.74, 6) is -0.682. The highest BCUT2D eigenvalue weighted by Gasteiger charge is 2.34. The summed E-state index contributed by atoms with van der Waals surface area (Å²) in [5.41, 5.74) is -0.0924. The van der Waals surface area contributed by atoms with E-state index in [4.69, 9.17) is 0 Å². The Labute approximate surface area is 107 Å². The van der Waals surface area contributed by atoms with E-state index in [0.29, 0.717) is 5.56 Å². The second kappa shape index (κ2) is 4.87. The zero-order valence-corrected chi connectivity index (χ0v) is 9.92. The van der Waals surface area contributed by atoms with Crippen molar-refractivity contribution < 1.29 is 17.6 Å². The van der Waals surface area contributed by atoms with Gasteiger partial charge in [-0.25, -0.2) is 9.37 Å². The first kappa shape index (κ1) is 13.3. The minimum absolute atomic E-state index is 0.238. The average Bonchev–Trinajstić information content (AvgIpc) is 2.38. The van der Waals surface area contributed by atoms with Crippen LogP contribution in [0.25, 0.3) is 11.1 Å². The standard InChI is InChI=1S/C13H10F4N2/c1-18-12-11(13(15,16)17)6-9(7-19-12)8-2-4-10(14)5-3-8/h2-7H,1H3,(H,18,19). The molecule has 1 N–H and O–H groups in total. The molecule has 0 amide bonds. The monoisotopic (exact) mass is 270 g/mol. The summed E-state index contributed by atoms with van der Waals surface area (Å²) in [6.45, 7) is 0. The van der Waals surface area contributed by atoms with Gasteiger partial charge in [-0.05, 0) is 23.8 Å². The van der Waals surface area contributed by atoms with Crippen LogP contribution in [0, 0.1) is 5.82 Å². The molecule has 0 aliphatic heterocycles. The van der Waals surface area contributed by atoms with E-state index < -0.39 is 17.6 Å². The van der Waals surface area contributed by atoms with Gasteiger partial charge in [-0.1, -0.05) is 12.1 Å². The summed E-state index contributed by atoms with van der Waals surface area (Å²) in [5, 5.41) is 2.40. The lowest BCUT2D eigenvalue weighted by Crippen LogP contribution is -2.10. The third-order valence-corrected chi connectivity index (χ3v) is 2.61. The third kappa shape index (κ3) is 2.83. The number of anilines is 1. The normalized spacial score (nSPS) is 11.4. The van der Waals surface area contributed by atoms with E-state index in [9.17, 15) is 17.6 Å². The summed E-state index contributed by atoms with van der Waals surface area (Å²) >= 11 is 0. The first-order valence-corrected chi connectivity index (χ1v) is 5.43. The molecular weight excluding hydrogens is 260 g/mol. The van der Waals surface area contributed by atoms with Crippen LogP contribution in [0.1, 0.15) is 5.56 Å². The SMILES string of the molecule is CNc1ncc(-c2ccc(F)cc2)cc1C(F)(F)F. The predicted octanol–water partition coefficient (Wildman–Crippen LogP) is 3.95. The fraction of sp³-hybridized carbons (Fsp3) is 0.154. The summed E-state index contributed by atoms with van der Waals surface area (Å²) in [6, 6.07) is 6.19. The van der Waals surface area contributed by atoms with Crippen LogP contribution in [0.5, 0.6) is 0 Å². The number of nitrogens with zero attached hydrogens (tertiary/aromatic N) is 1. The minimum atomic E-state index is -4.50. The second-order valence-corrected chi connectivity index (χ2v) is 3.87. The molecule has 6 heteroatoms. The van der Waals surface area contributed by atoms with Gasteiger partial charge in [0, 0.05) is 18.8 Å². The number of hydrogen-bond donors (Lipinski definition) is 1. The Balaban J connectivity index is 2.52. The van der Waals surface area contributed by atoms with Crippen LogP contribution < -0.4 is 5.32 Å². The molecule has 0 saturated carbocycles. The summed E-state index contributed by atoms with van der Waals surface area (Å²) in [7, 11) is 1.37. The first-order valence-electron chi connectivity index (χ1n) is 5.43. The molecule has 0 bridgehead atoms. The zero-order valence-electron chi connectivity index (χ0n) is 9.92. The van der Waals surface area contributed by atoms with E-state index in [2.05, 4.69) is 10.3 Å². The van der Waals surface area contributed by atoms with Crippen molar-refractivity contribution >= 4 is 5.82 Å². The van der Waals surface area contributed by atoms with Crippen LogP contribution in [-0.2, 0) is 6.18 Å². The van der Waals surface area contributed by atoms with Gasteiger partial charge < -0.3 is 5.32 Å². The molecule has 0 radical (unpaired) electrons. The fourth-order valence-electron chi connectivity index (χ4n) is 1.68. The van der Waals surface area contributed by atoms with Crippen LogP contribution in [0.3, 0.4) is 0 Å². The number of benzene rings is 1. The van der Waals surface area contributed by atoms with E-state index in [1.54, 1.807) is 0 Å². The van der Waals surface area contributed by atoms with Crippen LogP contribution in [-0.4, -0.2) is 12.0 Å². The van der Waals surface area contributed by atoms with Crippen molar-refractivity contribution in [2.24, 2.45) is 0 Å². The van der Waals surface area contributed by atoms with Crippen molar-refractivity contribution in [2.45, 2.75) is 6.18 Å². The van der Waals surface area contributed by atoms with Crippen LogP contribution in [0.15, 0.2) is 36.5 Å². The largest absolute Gasteiger partial charge is 0.419 e. The molecule has 0 aliphatic carbocycles. The Morgan fingerprint density at radius 1 is 1.05 bits per heavy atom. The Bertz CT molecular complexity index is 576. The van der Waals surface area contributed by atoms with Gasteiger partial charge in [-0.2, -0.15) is 13.2 Å². The van der Waals surface area contributed by atoms with Gasteiger partial charge in [0.25, 0.3) is 0 Å². The number of aromatic nitrogens is 1. The molecule has 2 rings (SSSR count). The van der Waals surface area contributed by atoms with Crippen molar-refractivity contribution in [1.29, 1.82) is 0 Å². The highest BCUT2D eigenvalue weighted by Crippen LogP contribution is 2.36.